The molecule has 0 aliphatic heterocycles. The van der Waals surface area contributed by atoms with Gasteiger partial charge in [-0.3, -0.25) is 14.9 Å². The van der Waals surface area contributed by atoms with Crippen LogP contribution in [0.25, 0.3) is 0 Å². The molecule has 2 aromatic carbocycles. The Bertz CT molecular complexity index is 713. The van der Waals surface area contributed by atoms with Crippen LogP contribution in [0.15, 0.2) is 60.7 Å². The third kappa shape index (κ3) is 7.35. The van der Waals surface area contributed by atoms with E-state index in [1.54, 1.807) is 6.92 Å². The molecule has 0 radical (unpaired) electrons. The van der Waals surface area contributed by atoms with Gasteiger partial charge in [0, 0.05) is 0 Å². The van der Waals surface area contributed by atoms with Gasteiger partial charge in [-0.25, -0.2) is 0 Å². The van der Waals surface area contributed by atoms with E-state index in [0.717, 1.165) is 11.1 Å². The first-order chi connectivity index (χ1) is 13.0. The van der Waals surface area contributed by atoms with Crippen LogP contribution >= 0.6 is 0 Å². The van der Waals surface area contributed by atoms with Crippen LogP contribution in [0.2, 0.25) is 0 Å². The van der Waals surface area contributed by atoms with Crippen LogP contribution in [0.1, 0.15) is 38.3 Å². The van der Waals surface area contributed by atoms with Crippen LogP contribution in [0.5, 0.6) is 0 Å². The highest BCUT2D eigenvalue weighted by atomic mass is 16.5. The van der Waals surface area contributed by atoms with Crippen molar-refractivity contribution in [2.45, 2.75) is 52.3 Å². The number of nitrogens with one attached hydrogen (secondary N) is 1. The zero-order valence-electron chi connectivity index (χ0n) is 16.4. The number of ether oxygens (including phenoxy) is 1. The topological polar surface area (TPSA) is 55.4 Å². The Hall–Kier alpha value is -2.46. The van der Waals surface area contributed by atoms with E-state index in [4.69, 9.17) is 4.74 Å². The van der Waals surface area contributed by atoms with Crippen molar-refractivity contribution in [3.63, 3.8) is 0 Å². The Balaban J connectivity index is 2.03. The summed E-state index contributed by atoms with van der Waals surface area (Å²) in [7, 11) is 0. The molecule has 0 fully saturated rings. The first kappa shape index (κ1) is 20.8. The Morgan fingerprint density at radius 2 is 1.44 bits per heavy atom. The molecule has 144 valence electrons. The molecule has 0 spiro atoms. The predicted octanol–water partition coefficient (Wildman–Crippen LogP) is 3.93. The maximum Gasteiger partial charge on any atom is 0.323 e. The van der Waals surface area contributed by atoms with E-state index in [-0.39, 0.29) is 18.4 Å². The van der Waals surface area contributed by atoms with E-state index >= 15 is 0 Å². The van der Waals surface area contributed by atoms with Gasteiger partial charge in [0.05, 0.1) is 6.04 Å². The summed E-state index contributed by atoms with van der Waals surface area (Å²) in [6.45, 7) is 5.90. The number of ketones is 1. The SMILES string of the molecule is CC(=O)[C@H](Cc1ccccc1)N[C@@H](CC(C)C)C(=O)OCc1ccccc1. The van der Waals surface area contributed by atoms with Crippen molar-refractivity contribution in [3.05, 3.63) is 71.8 Å². The van der Waals surface area contributed by atoms with Crippen LogP contribution in [0.3, 0.4) is 0 Å². The molecule has 0 aromatic heterocycles. The molecule has 0 bridgehead atoms. The van der Waals surface area contributed by atoms with Crippen molar-refractivity contribution in [1.29, 1.82) is 0 Å². The molecule has 0 aliphatic carbocycles. The molecule has 27 heavy (non-hydrogen) atoms. The summed E-state index contributed by atoms with van der Waals surface area (Å²) in [4.78, 5) is 24.8. The molecule has 1 N–H and O–H groups in total. The maximum absolute atomic E-state index is 12.7. The average molecular weight is 367 g/mol. The summed E-state index contributed by atoms with van der Waals surface area (Å²) in [5, 5.41) is 3.25. The molecule has 2 rings (SSSR count). The third-order valence-electron chi connectivity index (χ3n) is 4.39. The zero-order valence-corrected chi connectivity index (χ0v) is 16.4. The van der Waals surface area contributed by atoms with Crippen molar-refractivity contribution in [2.75, 3.05) is 0 Å². The van der Waals surface area contributed by atoms with E-state index < -0.39 is 12.1 Å². The smallest absolute Gasteiger partial charge is 0.323 e. The predicted molar refractivity (Wildman–Crippen MR) is 107 cm³/mol. The summed E-state index contributed by atoms with van der Waals surface area (Å²) in [6.07, 6.45) is 1.17. The Kier molecular flexibility index (Phi) is 8.21. The van der Waals surface area contributed by atoms with Crippen LogP contribution in [-0.2, 0) is 27.4 Å². The van der Waals surface area contributed by atoms with Gasteiger partial charge in [0.15, 0.2) is 0 Å². The van der Waals surface area contributed by atoms with Gasteiger partial charge in [0.25, 0.3) is 0 Å². The second-order valence-electron chi connectivity index (χ2n) is 7.30. The summed E-state index contributed by atoms with van der Waals surface area (Å²) in [5.41, 5.74) is 2.01. The Labute approximate surface area is 161 Å². The zero-order chi connectivity index (χ0) is 19.6. The van der Waals surface area contributed by atoms with Crippen LogP contribution < -0.4 is 5.32 Å². The number of carbonyl (C=O) groups is 2. The van der Waals surface area contributed by atoms with Gasteiger partial charge in [0.1, 0.15) is 18.4 Å². The van der Waals surface area contributed by atoms with Crippen molar-refractivity contribution >= 4 is 11.8 Å². The van der Waals surface area contributed by atoms with E-state index in [1.165, 1.54) is 0 Å². The molecule has 0 saturated heterocycles. The Morgan fingerprint density at radius 1 is 0.889 bits per heavy atom. The molecule has 0 amide bonds. The number of benzene rings is 2. The Morgan fingerprint density at radius 3 is 1.96 bits per heavy atom. The van der Waals surface area contributed by atoms with Gasteiger partial charge >= 0.3 is 5.97 Å². The molecule has 2 aromatic rings. The molecule has 0 saturated carbocycles. The molecule has 4 nitrogen and oxygen atoms in total. The third-order valence-corrected chi connectivity index (χ3v) is 4.39. The van der Waals surface area contributed by atoms with E-state index in [9.17, 15) is 9.59 Å². The summed E-state index contributed by atoms with van der Waals surface area (Å²) in [5.74, 6) is 0.00596. The van der Waals surface area contributed by atoms with Crippen molar-refractivity contribution in [3.8, 4) is 0 Å². The number of hydrogen-bond acceptors (Lipinski definition) is 4. The second kappa shape index (κ2) is 10.6. The van der Waals surface area contributed by atoms with Gasteiger partial charge in [-0.1, -0.05) is 74.5 Å². The van der Waals surface area contributed by atoms with Crippen LogP contribution in [0, 0.1) is 5.92 Å². The van der Waals surface area contributed by atoms with Crippen LogP contribution in [0.4, 0.5) is 0 Å². The lowest BCUT2D eigenvalue weighted by Crippen LogP contribution is -2.48. The van der Waals surface area contributed by atoms with E-state index in [2.05, 4.69) is 19.2 Å². The molecule has 0 heterocycles. The van der Waals surface area contributed by atoms with E-state index in [1.807, 2.05) is 60.7 Å². The second-order valence-corrected chi connectivity index (χ2v) is 7.30. The lowest BCUT2D eigenvalue weighted by molar-refractivity contribution is -0.148. The maximum atomic E-state index is 12.7. The minimum absolute atomic E-state index is 0.0171. The van der Waals surface area contributed by atoms with Gasteiger partial charge in [-0.2, -0.15) is 0 Å². The fourth-order valence-corrected chi connectivity index (χ4v) is 2.95. The fourth-order valence-electron chi connectivity index (χ4n) is 2.95. The van der Waals surface area contributed by atoms with Gasteiger partial charge in [-0.15, -0.1) is 0 Å². The first-order valence-corrected chi connectivity index (χ1v) is 9.46. The molecular formula is C23H29NO3. The highest BCUT2D eigenvalue weighted by molar-refractivity contribution is 5.83. The monoisotopic (exact) mass is 367 g/mol. The minimum Gasteiger partial charge on any atom is -0.460 e. The standard InChI is InChI=1S/C23H29NO3/c1-17(2)14-22(23(26)27-16-20-12-8-5-9-13-20)24-21(18(3)25)15-19-10-6-4-7-11-19/h4-13,17,21-22,24H,14-16H2,1-3H3/t21-,22-/m0/s1. The summed E-state index contributed by atoms with van der Waals surface area (Å²) < 4.78 is 5.51. The van der Waals surface area contributed by atoms with Crippen molar-refractivity contribution in [2.24, 2.45) is 5.92 Å². The van der Waals surface area contributed by atoms with E-state index in [0.29, 0.717) is 18.8 Å². The van der Waals surface area contributed by atoms with Gasteiger partial charge in [0.2, 0.25) is 0 Å². The number of esters is 1. The highest BCUT2D eigenvalue weighted by Crippen LogP contribution is 2.12. The molecule has 2 atom stereocenters. The highest BCUT2D eigenvalue weighted by Gasteiger charge is 2.26. The first-order valence-electron chi connectivity index (χ1n) is 9.46. The van der Waals surface area contributed by atoms with Gasteiger partial charge < -0.3 is 4.74 Å². The van der Waals surface area contributed by atoms with Crippen molar-refractivity contribution < 1.29 is 14.3 Å². The minimum atomic E-state index is -0.508. The average Bonchev–Trinajstić information content (AvgIpc) is 2.66. The molecule has 0 unspecified atom stereocenters. The quantitative estimate of drug-likeness (QED) is 0.647. The largest absolute Gasteiger partial charge is 0.460 e. The fraction of sp³-hybridized carbons (Fsp3) is 0.391. The number of Topliss-reactive ketones (excluding diaryl/α,β-unsaturated/α-hetero) is 1. The molecular weight excluding hydrogens is 338 g/mol. The lowest BCUT2D eigenvalue weighted by Gasteiger charge is -2.24. The summed E-state index contributed by atoms with van der Waals surface area (Å²) >= 11 is 0. The van der Waals surface area contributed by atoms with Crippen molar-refractivity contribution in [1.82, 2.24) is 5.32 Å². The summed E-state index contributed by atoms with van der Waals surface area (Å²) in [6, 6.07) is 18.5. The number of rotatable bonds is 10. The molecule has 4 heteroatoms. The van der Waals surface area contributed by atoms with Crippen LogP contribution in [-0.4, -0.2) is 23.8 Å². The van der Waals surface area contributed by atoms with Gasteiger partial charge in [-0.05, 0) is 36.8 Å². The lowest BCUT2D eigenvalue weighted by atomic mass is 9.99. The number of carbonyl (C=O) groups excluding carboxylic acids is 2. The normalized spacial score (nSPS) is 13.2. The number of hydrogen-bond donors (Lipinski definition) is 1. The molecule has 0 aliphatic rings.